The first kappa shape index (κ1) is 11.4. The number of nitriles is 1. The van der Waals surface area contributed by atoms with Gasteiger partial charge in [-0.2, -0.15) is 10.4 Å². The van der Waals surface area contributed by atoms with Gasteiger partial charge in [0.15, 0.2) is 5.82 Å². The fourth-order valence-electron chi connectivity index (χ4n) is 1.15. The number of nitrogens with one attached hydrogen (secondary N) is 1. The highest BCUT2D eigenvalue weighted by Crippen LogP contribution is 2.09. The smallest absolute Gasteiger partial charge is 0.166 e. The quantitative estimate of drug-likeness (QED) is 0.744. The molecular weight excluding hydrogens is 192 g/mol. The van der Waals surface area contributed by atoms with Crippen molar-refractivity contribution in [3.05, 3.63) is 17.8 Å². The summed E-state index contributed by atoms with van der Waals surface area (Å²) in [6.45, 7) is 2.87. The molecule has 5 heteroatoms. The second-order valence-electron chi connectivity index (χ2n) is 3.40. The van der Waals surface area contributed by atoms with Crippen LogP contribution in [0.25, 0.3) is 0 Å². The minimum Gasteiger partial charge on any atom is -0.396 e. The fourth-order valence-corrected chi connectivity index (χ4v) is 1.15. The minimum absolute atomic E-state index is 0.175. The number of aliphatic hydroxyl groups excluding tert-OH is 1. The van der Waals surface area contributed by atoms with E-state index in [0.29, 0.717) is 23.8 Å². The molecule has 1 aromatic rings. The molecule has 0 amide bonds. The van der Waals surface area contributed by atoms with E-state index in [1.807, 2.05) is 13.0 Å². The molecule has 80 valence electrons. The molecule has 0 spiro atoms. The van der Waals surface area contributed by atoms with Gasteiger partial charge in [0.05, 0.1) is 11.8 Å². The molecule has 0 fully saturated rings. The predicted octanol–water partition coefficient (Wildman–Crippen LogP) is 0.779. The first-order valence-corrected chi connectivity index (χ1v) is 4.84. The SMILES string of the molecule is CC(CCO)CNc1nnccc1C#N. The summed E-state index contributed by atoms with van der Waals surface area (Å²) in [5.74, 6) is 0.841. The Balaban J connectivity index is 2.54. The van der Waals surface area contributed by atoms with Crippen molar-refractivity contribution in [2.45, 2.75) is 13.3 Å². The molecular formula is C10H14N4O. The molecule has 1 unspecified atom stereocenters. The van der Waals surface area contributed by atoms with Gasteiger partial charge in [0.25, 0.3) is 0 Å². The number of aromatic nitrogens is 2. The largest absolute Gasteiger partial charge is 0.396 e. The average molecular weight is 206 g/mol. The van der Waals surface area contributed by atoms with Crippen LogP contribution in [0.3, 0.4) is 0 Å². The average Bonchev–Trinajstić information content (AvgIpc) is 2.27. The molecule has 0 radical (unpaired) electrons. The Labute approximate surface area is 88.8 Å². The Morgan fingerprint density at radius 3 is 3.13 bits per heavy atom. The summed E-state index contributed by atoms with van der Waals surface area (Å²) in [6, 6.07) is 3.65. The first-order valence-electron chi connectivity index (χ1n) is 4.84. The lowest BCUT2D eigenvalue weighted by Gasteiger charge is -2.11. The van der Waals surface area contributed by atoms with E-state index < -0.39 is 0 Å². The zero-order chi connectivity index (χ0) is 11.1. The number of nitrogens with zero attached hydrogens (tertiary/aromatic N) is 3. The van der Waals surface area contributed by atoms with Crippen LogP contribution in [0.5, 0.6) is 0 Å². The monoisotopic (exact) mass is 206 g/mol. The highest BCUT2D eigenvalue weighted by atomic mass is 16.3. The normalized spacial score (nSPS) is 11.8. The lowest BCUT2D eigenvalue weighted by atomic mass is 10.1. The third-order valence-corrected chi connectivity index (χ3v) is 2.08. The number of hydrogen-bond acceptors (Lipinski definition) is 5. The van der Waals surface area contributed by atoms with E-state index >= 15 is 0 Å². The van der Waals surface area contributed by atoms with E-state index in [4.69, 9.17) is 10.4 Å². The van der Waals surface area contributed by atoms with Gasteiger partial charge in [-0.3, -0.25) is 0 Å². The van der Waals surface area contributed by atoms with Crippen LogP contribution in [0.15, 0.2) is 12.3 Å². The van der Waals surface area contributed by atoms with Crippen LogP contribution in [-0.4, -0.2) is 28.5 Å². The molecule has 0 aliphatic heterocycles. The zero-order valence-electron chi connectivity index (χ0n) is 8.64. The Morgan fingerprint density at radius 2 is 2.47 bits per heavy atom. The molecule has 0 aromatic carbocycles. The molecule has 0 aliphatic rings. The summed E-state index contributed by atoms with van der Waals surface area (Å²) >= 11 is 0. The maximum absolute atomic E-state index is 8.79. The van der Waals surface area contributed by atoms with Crippen LogP contribution in [-0.2, 0) is 0 Å². The van der Waals surface area contributed by atoms with Crippen LogP contribution in [0.4, 0.5) is 5.82 Å². The number of rotatable bonds is 5. The number of aliphatic hydroxyl groups is 1. The summed E-state index contributed by atoms with van der Waals surface area (Å²) in [5.41, 5.74) is 0.487. The Hall–Kier alpha value is -1.67. The van der Waals surface area contributed by atoms with E-state index in [-0.39, 0.29) is 6.61 Å². The van der Waals surface area contributed by atoms with Gasteiger partial charge in [0, 0.05) is 13.2 Å². The molecule has 1 atom stereocenters. The van der Waals surface area contributed by atoms with Gasteiger partial charge in [0.1, 0.15) is 6.07 Å². The van der Waals surface area contributed by atoms with Gasteiger partial charge in [-0.15, -0.1) is 5.10 Å². The third kappa shape index (κ3) is 3.52. The van der Waals surface area contributed by atoms with Gasteiger partial charge in [-0.1, -0.05) is 6.92 Å². The minimum atomic E-state index is 0.175. The summed E-state index contributed by atoms with van der Waals surface area (Å²) in [4.78, 5) is 0. The van der Waals surface area contributed by atoms with Gasteiger partial charge < -0.3 is 10.4 Å². The number of hydrogen-bond donors (Lipinski definition) is 2. The van der Waals surface area contributed by atoms with Crippen LogP contribution >= 0.6 is 0 Å². The fraction of sp³-hybridized carbons (Fsp3) is 0.500. The van der Waals surface area contributed by atoms with Crippen molar-refractivity contribution in [1.29, 1.82) is 5.26 Å². The Bertz CT molecular complexity index is 348. The zero-order valence-corrected chi connectivity index (χ0v) is 8.64. The molecule has 0 aliphatic carbocycles. The summed E-state index contributed by atoms with van der Waals surface area (Å²) in [5, 5.41) is 28.1. The van der Waals surface area contributed by atoms with Crippen LogP contribution in [0.1, 0.15) is 18.9 Å². The molecule has 2 N–H and O–H groups in total. The maximum Gasteiger partial charge on any atom is 0.166 e. The van der Waals surface area contributed by atoms with E-state index in [9.17, 15) is 0 Å². The molecule has 0 bridgehead atoms. The second kappa shape index (κ2) is 5.94. The number of anilines is 1. The lowest BCUT2D eigenvalue weighted by molar-refractivity contribution is 0.266. The van der Waals surface area contributed by atoms with E-state index in [1.54, 1.807) is 6.07 Å². The molecule has 0 saturated carbocycles. The van der Waals surface area contributed by atoms with Crippen LogP contribution < -0.4 is 5.32 Å². The van der Waals surface area contributed by atoms with Gasteiger partial charge >= 0.3 is 0 Å². The van der Waals surface area contributed by atoms with E-state index in [0.717, 1.165) is 6.42 Å². The lowest BCUT2D eigenvalue weighted by Crippen LogP contribution is -2.14. The predicted molar refractivity (Wildman–Crippen MR) is 56.1 cm³/mol. The van der Waals surface area contributed by atoms with Crippen molar-refractivity contribution in [3.63, 3.8) is 0 Å². The third-order valence-electron chi connectivity index (χ3n) is 2.08. The van der Waals surface area contributed by atoms with Gasteiger partial charge in [-0.05, 0) is 18.4 Å². The molecule has 1 aromatic heterocycles. The molecule has 5 nitrogen and oxygen atoms in total. The van der Waals surface area contributed by atoms with Crippen LogP contribution in [0.2, 0.25) is 0 Å². The van der Waals surface area contributed by atoms with E-state index in [1.165, 1.54) is 6.20 Å². The van der Waals surface area contributed by atoms with Gasteiger partial charge in [0.2, 0.25) is 0 Å². The highest BCUT2D eigenvalue weighted by Gasteiger charge is 2.05. The van der Waals surface area contributed by atoms with Crippen molar-refractivity contribution in [3.8, 4) is 6.07 Å². The molecule has 0 saturated heterocycles. The summed E-state index contributed by atoms with van der Waals surface area (Å²) < 4.78 is 0. The first-order chi connectivity index (χ1) is 7.27. The summed E-state index contributed by atoms with van der Waals surface area (Å²) in [6.07, 6.45) is 2.22. The van der Waals surface area contributed by atoms with Crippen molar-refractivity contribution in [1.82, 2.24) is 10.2 Å². The Kier molecular flexibility index (Phi) is 4.51. The Morgan fingerprint density at radius 1 is 1.67 bits per heavy atom. The second-order valence-corrected chi connectivity index (χ2v) is 3.40. The summed E-state index contributed by atoms with van der Waals surface area (Å²) in [7, 11) is 0. The van der Waals surface area contributed by atoms with Gasteiger partial charge in [-0.25, -0.2) is 0 Å². The van der Waals surface area contributed by atoms with E-state index in [2.05, 4.69) is 15.5 Å². The van der Waals surface area contributed by atoms with Crippen LogP contribution in [0, 0.1) is 17.2 Å². The molecule has 15 heavy (non-hydrogen) atoms. The van der Waals surface area contributed by atoms with Crippen molar-refractivity contribution in [2.75, 3.05) is 18.5 Å². The van der Waals surface area contributed by atoms with Crippen molar-refractivity contribution >= 4 is 5.82 Å². The maximum atomic E-state index is 8.79. The van der Waals surface area contributed by atoms with Crippen molar-refractivity contribution < 1.29 is 5.11 Å². The molecule has 1 heterocycles. The standard InChI is InChI=1S/C10H14N4O/c1-8(3-5-15)7-12-10-9(6-11)2-4-13-14-10/h2,4,8,15H,3,5,7H2,1H3,(H,12,14). The molecule has 1 rings (SSSR count). The highest BCUT2D eigenvalue weighted by molar-refractivity contribution is 5.49. The van der Waals surface area contributed by atoms with Crippen molar-refractivity contribution in [2.24, 2.45) is 5.92 Å². The topological polar surface area (TPSA) is 81.8 Å².